The van der Waals surface area contributed by atoms with Crippen molar-refractivity contribution in [1.29, 1.82) is 0 Å². The molecule has 0 amide bonds. The van der Waals surface area contributed by atoms with Gasteiger partial charge in [0.1, 0.15) is 5.52 Å². The molecule has 1 aromatic carbocycles. The number of nitrogens with one attached hydrogen (secondary N) is 1. The third-order valence-electron chi connectivity index (χ3n) is 2.43. The molecule has 0 unspecified atom stereocenters. The Balaban J connectivity index is 2.81. The number of halogens is 2. The predicted octanol–water partition coefficient (Wildman–Crippen LogP) is 3.74. The molecule has 0 aliphatic rings. The molecule has 0 spiro atoms. The molecular weight excluding hydrogens is 230 g/mol. The number of nitrogens with zero attached hydrogens (tertiary/aromatic N) is 1. The Labute approximate surface area is 96.3 Å². The number of thiazole rings is 1. The van der Waals surface area contributed by atoms with Crippen molar-refractivity contribution >= 4 is 26.7 Å². The number of benzene rings is 1. The summed E-state index contributed by atoms with van der Waals surface area (Å²) in [5.74, 6) is -1.55. The first-order chi connectivity index (χ1) is 7.54. The van der Waals surface area contributed by atoms with E-state index in [9.17, 15) is 8.78 Å². The molecule has 0 saturated carbocycles. The Hall–Kier alpha value is -1.23. The molecule has 2 rings (SSSR count). The van der Waals surface area contributed by atoms with Crippen LogP contribution in [0.25, 0.3) is 10.2 Å². The molecule has 0 fully saturated rings. The maximum atomic E-state index is 13.5. The second kappa shape index (κ2) is 3.97. The van der Waals surface area contributed by atoms with Gasteiger partial charge in [-0.25, -0.2) is 13.8 Å². The van der Waals surface area contributed by atoms with E-state index in [1.165, 1.54) is 17.4 Å². The summed E-state index contributed by atoms with van der Waals surface area (Å²) >= 11 is 1.35. The Morgan fingerprint density at radius 3 is 2.62 bits per heavy atom. The lowest BCUT2D eigenvalue weighted by Crippen LogP contribution is -1.94. The molecule has 0 saturated heterocycles. The van der Waals surface area contributed by atoms with Crippen LogP contribution in [-0.4, -0.2) is 12.0 Å². The zero-order valence-electron chi connectivity index (χ0n) is 9.27. The zero-order valence-corrected chi connectivity index (χ0v) is 10.1. The molecule has 0 radical (unpaired) electrons. The minimum absolute atomic E-state index is 0.123. The van der Waals surface area contributed by atoms with Crippen molar-refractivity contribution in [3.05, 3.63) is 23.3 Å². The molecule has 2 aromatic rings. The molecule has 0 atom stereocenters. The fraction of sp³-hybridized carbons (Fsp3) is 0.364. The Morgan fingerprint density at radius 2 is 2.06 bits per heavy atom. The van der Waals surface area contributed by atoms with Crippen LogP contribution in [0.4, 0.5) is 13.9 Å². The molecule has 2 nitrogen and oxygen atoms in total. The SMILES string of the molecule is CNc1nc2c(F)c(F)cc(C(C)C)c2s1. The quantitative estimate of drug-likeness (QED) is 0.867. The lowest BCUT2D eigenvalue weighted by Gasteiger charge is -2.06. The topological polar surface area (TPSA) is 24.9 Å². The van der Waals surface area contributed by atoms with Gasteiger partial charge in [0.25, 0.3) is 0 Å². The van der Waals surface area contributed by atoms with E-state index in [4.69, 9.17) is 0 Å². The lowest BCUT2D eigenvalue weighted by molar-refractivity contribution is 0.514. The highest BCUT2D eigenvalue weighted by atomic mass is 32.1. The van der Waals surface area contributed by atoms with Crippen LogP contribution in [0.3, 0.4) is 0 Å². The van der Waals surface area contributed by atoms with Gasteiger partial charge in [-0.2, -0.15) is 0 Å². The third-order valence-corrected chi connectivity index (χ3v) is 3.55. The van der Waals surface area contributed by atoms with Crippen molar-refractivity contribution in [1.82, 2.24) is 4.98 Å². The van der Waals surface area contributed by atoms with Crippen LogP contribution >= 0.6 is 11.3 Å². The van der Waals surface area contributed by atoms with Crippen LogP contribution in [0.2, 0.25) is 0 Å². The van der Waals surface area contributed by atoms with Gasteiger partial charge in [0.05, 0.1) is 4.70 Å². The van der Waals surface area contributed by atoms with E-state index in [-0.39, 0.29) is 11.4 Å². The van der Waals surface area contributed by atoms with Crippen LogP contribution in [0.5, 0.6) is 0 Å². The van der Waals surface area contributed by atoms with Gasteiger partial charge in [-0.1, -0.05) is 25.2 Å². The molecular formula is C11H12F2N2S. The molecule has 5 heteroatoms. The van der Waals surface area contributed by atoms with Crippen LogP contribution < -0.4 is 5.32 Å². The third kappa shape index (κ3) is 1.65. The molecule has 1 heterocycles. The van der Waals surface area contributed by atoms with Gasteiger partial charge in [-0.05, 0) is 17.5 Å². The molecule has 0 aliphatic heterocycles. The molecule has 1 N–H and O–H groups in total. The second-order valence-electron chi connectivity index (χ2n) is 3.86. The predicted molar refractivity (Wildman–Crippen MR) is 63.2 cm³/mol. The number of rotatable bonds is 2. The maximum Gasteiger partial charge on any atom is 0.185 e. The van der Waals surface area contributed by atoms with E-state index in [0.717, 1.165) is 10.3 Å². The van der Waals surface area contributed by atoms with Gasteiger partial charge in [0.2, 0.25) is 0 Å². The highest BCUT2D eigenvalue weighted by Crippen LogP contribution is 2.35. The number of hydrogen-bond acceptors (Lipinski definition) is 3. The van der Waals surface area contributed by atoms with Crippen LogP contribution in [-0.2, 0) is 0 Å². The van der Waals surface area contributed by atoms with Gasteiger partial charge >= 0.3 is 0 Å². The summed E-state index contributed by atoms with van der Waals surface area (Å²) in [6.07, 6.45) is 0. The summed E-state index contributed by atoms with van der Waals surface area (Å²) in [5, 5.41) is 3.45. The van der Waals surface area contributed by atoms with Gasteiger partial charge in [0.15, 0.2) is 16.8 Å². The van der Waals surface area contributed by atoms with Crippen LogP contribution in [0.15, 0.2) is 6.07 Å². The number of anilines is 1. The first-order valence-corrected chi connectivity index (χ1v) is 5.82. The minimum Gasteiger partial charge on any atom is -0.365 e. The molecule has 1 aromatic heterocycles. The van der Waals surface area contributed by atoms with E-state index < -0.39 is 11.6 Å². The number of hydrogen-bond donors (Lipinski definition) is 1. The van der Waals surface area contributed by atoms with Crippen molar-refractivity contribution in [2.75, 3.05) is 12.4 Å². The van der Waals surface area contributed by atoms with E-state index in [1.54, 1.807) is 7.05 Å². The first-order valence-electron chi connectivity index (χ1n) is 5.00. The van der Waals surface area contributed by atoms with E-state index >= 15 is 0 Å². The zero-order chi connectivity index (χ0) is 11.9. The minimum atomic E-state index is -0.864. The smallest absolute Gasteiger partial charge is 0.185 e. The fourth-order valence-electron chi connectivity index (χ4n) is 1.58. The largest absolute Gasteiger partial charge is 0.365 e. The van der Waals surface area contributed by atoms with Gasteiger partial charge in [-0.15, -0.1) is 0 Å². The lowest BCUT2D eigenvalue weighted by atomic mass is 10.0. The summed E-state index contributed by atoms with van der Waals surface area (Å²) in [6, 6.07) is 1.26. The van der Waals surface area contributed by atoms with Gasteiger partial charge in [-0.3, -0.25) is 0 Å². The van der Waals surface area contributed by atoms with Crippen LogP contribution in [0, 0.1) is 11.6 Å². The standard InChI is InChI=1S/C11H12F2N2S/c1-5(2)6-4-7(12)8(13)9-10(6)16-11(14-3)15-9/h4-5H,1-3H3,(H,14,15). The Morgan fingerprint density at radius 1 is 1.38 bits per heavy atom. The van der Waals surface area contributed by atoms with Crippen molar-refractivity contribution in [2.45, 2.75) is 19.8 Å². The Kier molecular flexibility index (Phi) is 2.80. The average molecular weight is 242 g/mol. The van der Waals surface area contributed by atoms with Crippen molar-refractivity contribution < 1.29 is 8.78 Å². The molecule has 0 bridgehead atoms. The molecule has 16 heavy (non-hydrogen) atoms. The molecule has 86 valence electrons. The van der Waals surface area contributed by atoms with E-state index in [2.05, 4.69) is 10.3 Å². The molecule has 0 aliphatic carbocycles. The fourth-order valence-corrected chi connectivity index (χ4v) is 2.66. The normalized spacial score (nSPS) is 11.4. The highest BCUT2D eigenvalue weighted by Gasteiger charge is 2.18. The number of aromatic nitrogens is 1. The highest BCUT2D eigenvalue weighted by molar-refractivity contribution is 7.22. The van der Waals surface area contributed by atoms with Gasteiger partial charge in [0, 0.05) is 7.05 Å². The first kappa shape index (κ1) is 11.3. The maximum absolute atomic E-state index is 13.5. The van der Waals surface area contributed by atoms with Crippen molar-refractivity contribution in [2.24, 2.45) is 0 Å². The average Bonchev–Trinajstić information content (AvgIpc) is 2.67. The van der Waals surface area contributed by atoms with Crippen LogP contribution in [0.1, 0.15) is 25.3 Å². The summed E-state index contributed by atoms with van der Waals surface area (Å²) < 4.78 is 27.6. The van der Waals surface area contributed by atoms with Gasteiger partial charge < -0.3 is 5.32 Å². The van der Waals surface area contributed by atoms with Crippen molar-refractivity contribution in [3.8, 4) is 0 Å². The summed E-state index contributed by atoms with van der Waals surface area (Å²) in [5.41, 5.74) is 0.922. The monoisotopic (exact) mass is 242 g/mol. The number of fused-ring (bicyclic) bond motifs is 1. The summed E-state index contributed by atoms with van der Waals surface area (Å²) in [7, 11) is 1.71. The van der Waals surface area contributed by atoms with Crippen molar-refractivity contribution in [3.63, 3.8) is 0 Å². The second-order valence-corrected chi connectivity index (χ2v) is 4.86. The summed E-state index contributed by atoms with van der Waals surface area (Å²) in [6.45, 7) is 3.90. The summed E-state index contributed by atoms with van der Waals surface area (Å²) in [4.78, 5) is 4.03. The van der Waals surface area contributed by atoms with E-state index in [1.807, 2.05) is 13.8 Å². The van der Waals surface area contributed by atoms with E-state index in [0.29, 0.717) is 5.13 Å². The Bertz CT molecular complexity index is 534.